The van der Waals surface area contributed by atoms with Gasteiger partial charge < -0.3 is 0 Å². The number of morpholine rings is 1. The van der Waals surface area contributed by atoms with Crippen molar-refractivity contribution in [2.75, 3.05) is 46.9 Å². The summed E-state index contributed by atoms with van der Waals surface area (Å²) >= 11 is -0.0481. The van der Waals surface area contributed by atoms with Crippen LogP contribution in [0.5, 0.6) is 5.75 Å². The maximum atomic E-state index is 11.6. The van der Waals surface area contributed by atoms with Crippen LogP contribution in [0.15, 0.2) is 22.7 Å². The topological polar surface area (TPSA) is 68.0 Å². The van der Waals surface area contributed by atoms with Crippen molar-refractivity contribution in [1.29, 1.82) is 0 Å². The number of carbonyl (C=O) groups is 1. The fourth-order valence-corrected chi connectivity index (χ4v) is 4.60. The number of fused-ring (bicyclic) bond motifs is 1. The molecule has 0 atom stereocenters. The number of aromatic nitrogens is 1. The van der Waals surface area contributed by atoms with Gasteiger partial charge in [0.25, 0.3) is 0 Å². The van der Waals surface area contributed by atoms with Crippen molar-refractivity contribution in [3.8, 4) is 5.75 Å². The van der Waals surface area contributed by atoms with E-state index in [4.69, 9.17) is 14.0 Å². The summed E-state index contributed by atoms with van der Waals surface area (Å²) in [6.07, 6.45) is -0.411. The minimum absolute atomic E-state index is 0.0481. The summed E-state index contributed by atoms with van der Waals surface area (Å²) in [7, 11) is 3.29. The predicted molar refractivity (Wildman–Crippen MR) is 91.2 cm³/mol. The zero-order valence-electron chi connectivity index (χ0n) is 13.9. The number of rotatable bonds is 5. The minimum atomic E-state index is -0.411. The first-order valence-corrected chi connectivity index (χ1v) is 10.2. The van der Waals surface area contributed by atoms with Crippen molar-refractivity contribution < 1.29 is 18.8 Å². The molecule has 1 aliphatic rings. The van der Waals surface area contributed by atoms with Crippen molar-refractivity contribution in [2.45, 2.75) is 5.21 Å². The molecular weight excluding hydrogens is 373 g/mol. The van der Waals surface area contributed by atoms with E-state index in [0.29, 0.717) is 11.3 Å². The molecule has 2 aromatic rings. The van der Waals surface area contributed by atoms with E-state index in [0.717, 1.165) is 47.9 Å². The Hall–Kier alpha value is -1.56. The Bertz CT molecular complexity index is 698. The molecule has 3 rings (SSSR count). The number of nitrogens with zero attached hydrogens (tertiary/aromatic N) is 3. The first-order valence-electron chi connectivity index (χ1n) is 7.89. The second-order valence-electron chi connectivity index (χ2n) is 5.76. The van der Waals surface area contributed by atoms with Gasteiger partial charge in [-0.1, -0.05) is 0 Å². The van der Waals surface area contributed by atoms with E-state index in [1.165, 1.54) is 4.90 Å². The maximum absolute atomic E-state index is 11.6. The Kier molecular flexibility index (Phi) is 5.76. The Balaban J connectivity index is 1.59. The monoisotopic (exact) mass is 394 g/mol. The summed E-state index contributed by atoms with van der Waals surface area (Å²) in [5.74, 6) is 0.466. The molecule has 0 unspecified atom stereocenters. The van der Waals surface area contributed by atoms with Gasteiger partial charge in [-0.3, -0.25) is 0 Å². The van der Waals surface area contributed by atoms with Gasteiger partial charge in [0.2, 0.25) is 0 Å². The van der Waals surface area contributed by atoms with Gasteiger partial charge in [-0.25, -0.2) is 0 Å². The van der Waals surface area contributed by atoms with Crippen molar-refractivity contribution in [3.63, 3.8) is 0 Å². The normalized spacial score (nSPS) is 16.1. The molecule has 7 nitrogen and oxygen atoms in total. The molecule has 0 bridgehead atoms. The molecule has 1 aromatic heterocycles. The molecule has 0 spiro atoms. The quantitative estimate of drug-likeness (QED) is 0.705. The molecule has 0 saturated carbocycles. The molecule has 0 N–H and O–H groups in total. The third-order valence-electron chi connectivity index (χ3n) is 3.78. The van der Waals surface area contributed by atoms with E-state index in [-0.39, 0.29) is 15.8 Å². The van der Waals surface area contributed by atoms with Gasteiger partial charge in [0.1, 0.15) is 0 Å². The predicted octanol–water partition coefficient (Wildman–Crippen LogP) is 0.968. The molecule has 8 heteroatoms. The molecular formula is C16H21AsN3O4. The molecule has 1 radical (unpaired) electrons. The van der Waals surface area contributed by atoms with Crippen molar-refractivity contribution in [2.24, 2.45) is 0 Å². The summed E-state index contributed by atoms with van der Waals surface area (Å²) in [6, 6.07) is 5.42. The number of amides is 1. The van der Waals surface area contributed by atoms with E-state index >= 15 is 0 Å². The molecule has 1 aromatic carbocycles. The van der Waals surface area contributed by atoms with Crippen LogP contribution in [0.1, 0.15) is 0 Å². The molecule has 1 fully saturated rings. The van der Waals surface area contributed by atoms with Crippen LogP contribution >= 0.6 is 0 Å². The van der Waals surface area contributed by atoms with Gasteiger partial charge in [0.05, 0.1) is 0 Å². The summed E-state index contributed by atoms with van der Waals surface area (Å²) in [6.45, 7) is 4.77. The molecule has 0 aliphatic carbocycles. The fourth-order valence-electron chi connectivity index (χ4n) is 2.40. The van der Waals surface area contributed by atoms with Crippen molar-refractivity contribution in [1.82, 2.24) is 15.0 Å². The Morgan fingerprint density at radius 3 is 2.92 bits per heavy atom. The van der Waals surface area contributed by atoms with Gasteiger partial charge in [-0.2, -0.15) is 0 Å². The van der Waals surface area contributed by atoms with Gasteiger partial charge in [0.15, 0.2) is 0 Å². The summed E-state index contributed by atoms with van der Waals surface area (Å²) in [4.78, 5) is 15.4. The molecule has 1 aliphatic heterocycles. The van der Waals surface area contributed by atoms with E-state index < -0.39 is 6.09 Å². The van der Waals surface area contributed by atoms with E-state index in [9.17, 15) is 4.79 Å². The van der Waals surface area contributed by atoms with Crippen LogP contribution in [0.4, 0.5) is 4.79 Å². The molecule has 24 heavy (non-hydrogen) atoms. The summed E-state index contributed by atoms with van der Waals surface area (Å²) < 4.78 is 17.1. The molecule has 1 saturated heterocycles. The van der Waals surface area contributed by atoms with Crippen LogP contribution in [0.2, 0.25) is 5.21 Å². The van der Waals surface area contributed by atoms with Gasteiger partial charge in [0, 0.05) is 0 Å². The molecule has 2 heterocycles. The Morgan fingerprint density at radius 1 is 1.38 bits per heavy atom. The number of benzene rings is 1. The molecule has 1 amide bonds. The second kappa shape index (κ2) is 8.01. The zero-order valence-corrected chi connectivity index (χ0v) is 15.8. The second-order valence-corrected chi connectivity index (χ2v) is 8.25. The van der Waals surface area contributed by atoms with E-state index in [1.807, 2.05) is 6.07 Å². The van der Waals surface area contributed by atoms with Crippen LogP contribution in [0, 0.1) is 0 Å². The Labute approximate surface area is 147 Å². The van der Waals surface area contributed by atoms with Crippen LogP contribution in [-0.4, -0.2) is 83.7 Å². The van der Waals surface area contributed by atoms with E-state index in [1.54, 1.807) is 26.2 Å². The number of hydrogen-bond acceptors (Lipinski definition) is 6. The number of hydrogen-bond donors (Lipinski definition) is 0. The van der Waals surface area contributed by atoms with Gasteiger partial charge >= 0.3 is 147 Å². The van der Waals surface area contributed by atoms with Gasteiger partial charge in [-0.15, -0.1) is 0 Å². The third-order valence-corrected chi connectivity index (χ3v) is 5.97. The van der Waals surface area contributed by atoms with Crippen LogP contribution in [-0.2, 0) is 4.74 Å². The van der Waals surface area contributed by atoms with E-state index in [2.05, 4.69) is 10.1 Å². The van der Waals surface area contributed by atoms with Gasteiger partial charge in [-0.05, 0) is 0 Å². The van der Waals surface area contributed by atoms with Crippen molar-refractivity contribution >= 4 is 37.3 Å². The fraction of sp³-hybridized carbons (Fsp3) is 0.500. The van der Waals surface area contributed by atoms with Crippen LogP contribution in [0.25, 0.3) is 11.0 Å². The average Bonchev–Trinajstić information content (AvgIpc) is 2.98. The number of carbonyl (C=O) groups excluding carboxylic acids is 1. The van der Waals surface area contributed by atoms with Crippen molar-refractivity contribution in [3.05, 3.63) is 18.2 Å². The Morgan fingerprint density at radius 2 is 2.17 bits per heavy atom. The third kappa shape index (κ3) is 4.29. The first-order chi connectivity index (χ1) is 11.6. The zero-order chi connectivity index (χ0) is 16.9. The van der Waals surface area contributed by atoms with Crippen LogP contribution < -0.4 is 9.22 Å². The standard InChI is InChI=1S/C16H21AsN3O4/c1-19(2)16(21)23-12-3-4-13-14(11-12)24-18-15(13)17-5-6-20-7-9-22-10-8-20/h3-4,11H,5-10H2,1-2H3. The average molecular weight is 394 g/mol. The summed E-state index contributed by atoms with van der Waals surface area (Å²) in [5, 5.41) is 6.34. The van der Waals surface area contributed by atoms with Crippen LogP contribution in [0.3, 0.4) is 0 Å². The SMILES string of the molecule is CN(C)C(=O)Oc1ccc2c([As]CCN3CCOCC3)noc2c1. The number of ether oxygens (including phenoxy) is 2. The summed E-state index contributed by atoms with van der Waals surface area (Å²) in [5.41, 5.74) is 0.663. The molecule has 129 valence electrons. The first kappa shape index (κ1) is 17.3.